The second-order valence-electron chi connectivity index (χ2n) is 7.81. The number of rotatable bonds is 2. The van der Waals surface area contributed by atoms with Gasteiger partial charge in [-0.05, 0) is 57.1 Å². The highest BCUT2D eigenvalue weighted by atomic mass is 16.2. The molecule has 138 valence electrons. The fraction of sp³-hybridized carbons (Fsp3) is 0.550. The summed E-state index contributed by atoms with van der Waals surface area (Å²) in [5.41, 5.74) is 0.966. The Bertz CT molecular complexity index is 767. The number of urea groups is 1. The molecule has 6 heteroatoms. The molecule has 0 unspecified atom stereocenters. The van der Waals surface area contributed by atoms with Crippen molar-refractivity contribution in [3.8, 4) is 0 Å². The number of benzene rings is 1. The van der Waals surface area contributed by atoms with Gasteiger partial charge in [0.1, 0.15) is 12.1 Å². The minimum Gasteiger partial charge on any atom is -0.336 e. The van der Waals surface area contributed by atoms with Crippen molar-refractivity contribution in [2.24, 2.45) is 0 Å². The van der Waals surface area contributed by atoms with E-state index >= 15 is 0 Å². The number of nitrogens with zero attached hydrogens (tertiary/aromatic N) is 2. The highest BCUT2D eigenvalue weighted by Crippen LogP contribution is 2.41. The summed E-state index contributed by atoms with van der Waals surface area (Å²) in [5, 5.41) is 2.88. The van der Waals surface area contributed by atoms with Crippen LogP contribution in [-0.2, 0) is 21.5 Å². The van der Waals surface area contributed by atoms with Gasteiger partial charge in [-0.15, -0.1) is 0 Å². The van der Waals surface area contributed by atoms with E-state index in [1.165, 1.54) is 0 Å². The molecule has 26 heavy (non-hydrogen) atoms. The molecule has 0 bridgehead atoms. The molecule has 0 aromatic heterocycles. The predicted octanol–water partition coefficient (Wildman–Crippen LogP) is 2.17. The number of amides is 4. The third-order valence-electron chi connectivity index (χ3n) is 6.20. The monoisotopic (exact) mass is 355 g/mol. The molecule has 0 saturated carbocycles. The quantitative estimate of drug-likeness (QED) is 0.827. The minimum absolute atomic E-state index is 0.142. The molecule has 4 amide bonds. The van der Waals surface area contributed by atoms with Crippen LogP contribution in [0.2, 0.25) is 0 Å². The van der Waals surface area contributed by atoms with Crippen LogP contribution >= 0.6 is 0 Å². The first-order valence-electron chi connectivity index (χ1n) is 9.48. The van der Waals surface area contributed by atoms with Crippen LogP contribution in [-0.4, -0.2) is 46.3 Å². The van der Waals surface area contributed by atoms with E-state index in [-0.39, 0.29) is 30.4 Å². The average Bonchev–Trinajstić information content (AvgIpc) is 3.09. The first-order valence-corrected chi connectivity index (χ1v) is 9.48. The van der Waals surface area contributed by atoms with Gasteiger partial charge >= 0.3 is 6.03 Å². The van der Waals surface area contributed by atoms with E-state index in [0.29, 0.717) is 6.42 Å². The van der Waals surface area contributed by atoms with Gasteiger partial charge in [-0.2, -0.15) is 0 Å². The number of likely N-dealkylation sites (tertiary alicyclic amines) is 1. The summed E-state index contributed by atoms with van der Waals surface area (Å²) in [6.45, 7) is 3.89. The third-order valence-corrected chi connectivity index (χ3v) is 6.20. The third kappa shape index (κ3) is 2.42. The summed E-state index contributed by atoms with van der Waals surface area (Å²) in [5.74, 6) is -0.436. The molecule has 2 aliphatic heterocycles. The Morgan fingerprint density at radius 2 is 1.88 bits per heavy atom. The highest BCUT2D eigenvalue weighted by molar-refractivity contribution is 6.10. The van der Waals surface area contributed by atoms with E-state index in [4.69, 9.17) is 0 Å². The zero-order valence-corrected chi connectivity index (χ0v) is 15.3. The average molecular weight is 355 g/mol. The van der Waals surface area contributed by atoms with E-state index in [1.54, 1.807) is 0 Å². The molecule has 1 aliphatic carbocycles. The van der Waals surface area contributed by atoms with Gasteiger partial charge in [-0.25, -0.2) is 4.79 Å². The molecule has 3 aliphatic rings. The molecule has 6 nitrogen and oxygen atoms in total. The lowest BCUT2D eigenvalue weighted by Crippen LogP contribution is -2.52. The van der Waals surface area contributed by atoms with E-state index in [9.17, 15) is 14.4 Å². The Balaban J connectivity index is 1.57. The fourth-order valence-corrected chi connectivity index (χ4v) is 4.86. The van der Waals surface area contributed by atoms with Crippen molar-refractivity contribution in [2.45, 2.75) is 63.6 Å². The van der Waals surface area contributed by atoms with Crippen molar-refractivity contribution < 1.29 is 14.4 Å². The van der Waals surface area contributed by atoms with Gasteiger partial charge < -0.3 is 10.2 Å². The lowest BCUT2D eigenvalue weighted by Gasteiger charge is -2.39. The van der Waals surface area contributed by atoms with Crippen molar-refractivity contribution in [3.63, 3.8) is 0 Å². The molecule has 4 rings (SSSR count). The van der Waals surface area contributed by atoms with Crippen molar-refractivity contribution in [3.05, 3.63) is 35.4 Å². The summed E-state index contributed by atoms with van der Waals surface area (Å²) in [7, 11) is 0. The van der Waals surface area contributed by atoms with Crippen molar-refractivity contribution in [1.29, 1.82) is 0 Å². The number of carbonyl (C=O) groups excluding carboxylic acids is 3. The Morgan fingerprint density at radius 1 is 1.19 bits per heavy atom. The number of aryl methyl sites for hydroxylation is 1. The summed E-state index contributed by atoms with van der Waals surface area (Å²) in [4.78, 5) is 41.5. The van der Waals surface area contributed by atoms with Crippen LogP contribution in [0.3, 0.4) is 0 Å². The molecule has 2 fully saturated rings. The minimum atomic E-state index is -0.993. The van der Waals surface area contributed by atoms with Crippen LogP contribution in [0.5, 0.6) is 0 Å². The van der Waals surface area contributed by atoms with Crippen molar-refractivity contribution >= 4 is 17.8 Å². The van der Waals surface area contributed by atoms with Gasteiger partial charge in [0.2, 0.25) is 5.91 Å². The van der Waals surface area contributed by atoms with Crippen molar-refractivity contribution in [2.75, 3.05) is 6.54 Å². The van der Waals surface area contributed by atoms with Crippen LogP contribution < -0.4 is 5.32 Å². The summed E-state index contributed by atoms with van der Waals surface area (Å²) >= 11 is 0. The number of fused-ring (bicyclic) bond motifs is 2. The molecule has 1 aromatic carbocycles. The molecule has 2 heterocycles. The van der Waals surface area contributed by atoms with Gasteiger partial charge in [0.05, 0.1) is 0 Å². The Morgan fingerprint density at radius 3 is 2.62 bits per heavy atom. The van der Waals surface area contributed by atoms with E-state index in [1.807, 2.05) is 43.0 Å². The molecule has 3 atom stereocenters. The first-order chi connectivity index (χ1) is 12.4. The molecular weight excluding hydrogens is 330 g/mol. The molecule has 1 aromatic rings. The Kier molecular flexibility index (Phi) is 4.01. The number of piperidine rings is 1. The standard InChI is InChI=1S/C20H25N3O3/c1-13-6-5-7-14(2)23(13)17(24)12-22-18(25)20(21-19(22)26)11-10-15-8-3-4-9-16(15)20/h3-4,8-9,13-14H,5-7,10-12H2,1-2H3,(H,21,26)/t13-,14-,20+/m0/s1. The molecule has 1 spiro atoms. The second kappa shape index (κ2) is 6.11. The van der Waals surface area contributed by atoms with Crippen LogP contribution in [0.25, 0.3) is 0 Å². The maximum Gasteiger partial charge on any atom is 0.325 e. The Hall–Kier alpha value is -2.37. The number of carbonyl (C=O) groups is 3. The van der Waals surface area contributed by atoms with Gasteiger partial charge in [-0.3, -0.25) is 14.5 Å². The number of hydrogen-bond donors (Lipinski definition) is 1. The fourth-order valence-electron chi connectivity index (χ4n) is 4.86. The molecule has 2 saturated heterocycles. The molecule has 1 N–H and O–H groups in total. The summed E-state index contributed by atoms with van der Waals surface area (Å²) in [6.07, 6.45) is 4.35. The first kappa shape index (κ1) is 17.1. The predicted molar refractivity (Wildman–Crippen MR) is 96.3 cm³/mol. The summed E-state index contributed by atoms with van der Waals surface area (Å²) < 4.78 is 0. The smallest absolute Gasteiger partial charge is 0.325 e. The zero-order valence-electron chi connectivity index (χ0n) is 15.3. The highest BCUT2D eigenvalue weighted by Gasteiger charge is 2.55. The van der Waals surface area contributed by atoms with E-state index in [0.717, 1.165) is 41.7 Å². The number of nitrogens with one attached hydrogen (secondary N) is 1. The van der Waals surface area contributed by atoms with Crippen molar-refractivity contribution in [1.82, 2.24) is 15.1 Å². The molecule has 0 radical (unpaired) electrons. The summed E-state index contributed by atoms with van der Waals surface area (Å²) in [6, 6.07) is 7.56. The van der Waals surface area contributed by atoms with Gasteiger partial charge in [0.25, 0.3) is 5.91 Å². The maximum absolute atomic E-state index is 13.2. The largest absolute Gasteiger partial charge is 0.336 e. The maximum atomic E-state index is 13.2. The lowest BCUT2D eigenvalue weighted by atomic mass is 9.92. The second-order valence-corrected chi connectivity index (χ2v) is 7.81. The topological polar surface area (TPSA) is 69.7 Å². The normalized spacial score (nSPS) is 30.7. The van der Waals surface area contributed by atoms with Gasteiger partial charge in [0, 0.05) is 12.1 Å². The molecular formula is C20H25N3O3. The van der Waals surface area contributed by atoms with E-state index < -0.39 is 11.6 Å². The van der Waals surface area contributed by atoms with Gasteiger partial charge in [-0.1, -0.05) is 24.3 Å². The Labute approximate surface area is 153 Å². The van der Waals surface area contributed by atoms with Gasteiger partial charge in [0.15, 0.2) is 0 Å². The van der Waals surface area contributed by atoms with Crippen LogP contribution in [0.15, 0.2) is 24.3 Å². The van der Waals surface area contributed by atoms with E-state index in [2.05, 4.69) is 5.32 Å². The lowest BCUT2D eigenvalue weighted by molar-refractivity contribution is -0.143. The van der Waals surface area contributed by atoms with Crippen LogP contribution in [0.1, 0.15) is 50.7 Å². The number of imide groups is 1. The van der Waals surface area contributed by atoms with Crippen LogP contribution in [0, 0.1) is 0 Å². The number of hydrogen-bond acceptors (Lipinski definition) is 3. The van der Waals surface area contributed by atoms with Crippen LogP contribution in [0.4, 0.5) is 4.79 Å². The zero-order chi connectivity index (χ0) is 18.5. The SMILES string of the molecule is C[C@H]1CCC[C@H](C)N1C(=O)CN1C(=O)N[C@@]2(CCc3ccccc32)C1=O.